The number of carbonyl (C=O) groups excluding carboxylic acids is 1. The number of hydrogen-bond acceptors (Lipinski definition) is 3. The number of likely N-dealkylation sites (N-methyl/N-ethyl adjacent to an activating group) is 1. The van der Waals surface area contributed by atoms with Gasteiger partial charge in [0, 0.05) is 26.2 Å². The first-order valence-electron chi connectivity index (χ1n) is 7.28. The molecule has 2 atom stereocenters. The van der Waals surface area contributed by atoms with Gasteiger partial charge in [0.05, 0.1) is 11.6 Å². The molecule has 0 saturated carbocycles. The van der Waals surface area contributed by atoms with Crippen LogP contribution in [0.2, 0.25) is 0 Å². The molecule has 1 aromatic carbocycles. The summed E-state index contributed by atoms with van der Waals surface area (Å²) in [6.07, 6.45) is 0. The molecule has 0 bridgehead atoms. The van der Waals surface area contributed by atoms with Gasteiger partial charge in [0.25, 0.3) is 0 Å². The number of hydrogen-bond donors (Lipinski definition) is 1. The number of amides is 1. The van der Waals surface area contributed by atoms with Crippen molar-refractivity contribution in [2.75, 3.05) is 20.1 Å². The van der Waals surface area contributed by atoms with Gasteiger partial charge in [0.1, 0.15) is 5.82 Å². The fraction of sp³-hybridized carbons (Fsp3) is 0.562. The molecule has 2 unspecified atom stereocenters. The minimum Gasteiger partial charge on any atom is -0.343 e. The highest BCUT2D eigenvalue weighted by Gasteiger charge is 2.44. The maximum atomic E-state index is 13.2. The number of nitrogens with two attached hydrogens (primary N) is 1. The van der Waals surface area contributed by atoms with E-state index in [1.807, 2.05) is 27.8 Å². The van der Waals surface area contributed by atoms with Gasteiger partial charge in [0.2, 0.25) is 5.91 Å². The van der Waals surface area contributed by atoms with Gasteiger partial charge in [-0.25, -0.2) is 4.39 Å². The summed E-state index contributed by atoms with van der Waals surface area (Å²) in [6, 6.07) is 6.11. The molecule has 1 aliphatic rings. The van der Waals surface area contributed by atoms with E-state index < -0.39 is 5.54 Å². The lowest BCUT2D eigenvalue weighted by Gasteiger charge is -2.49. The summed E-state index contributed by atoms with van der Waals surface area (Å²) >= 11 is 0. The average Bonchev–Trinajstić information content (AvgIpc) is 2.41. The van der Waals surface area contributed by atoms with Crippen molar-refractivity contribution < 1.29 is 9.18 Å². The first-order valence-corrected chi connectivity index (χ1v) is 7.28. The summed E-state index contributed by atoms with van der Waals surface area (Å²) in [5.74, 6) is -0.183. The number of piperazine rings is 1. The first-order chi connectivity index (χ1) is 9.75. The summed E-state index contributed by atoms with van der Waals surface area (Å²) in [4.78, 5) is 16.3. The van der Waals surface area contributed by atoms with E-state index in [4.69, 9.17) is 5.73 Å². The Bertz CT molecular complexity index is 513. The van der Waals surface area contributed by atoms with E-state index in [0.29, 0.717) is 6.54 Å². The molecule has 2 N–H and O–H groups in total. The van der Waals surface area contributed by atoms with Crippen molar-refractivity contribution in [2.45, 2.75) is 38.4 Å². The van der Waals surface area contributed by atoms with E-state index in [9.17, 15) is 9.18 Å². The highest BCUT2D eigenvalue weighted by atomic mass is 19.1. The van der Waals surface area contributed by atoms with E-state index in [1.54, 1.807) is 17.0 Å². The molecule has 1 saturated heterocycles. The molecule has 2 rings (SSSR count). The Labute approximate surface area is 125 Å². The molecule has 0 radical (unpaired) electrons. The van der Waals surface area contributed by atoms with Crippen molar-refractivity contribution >= 4 is 5.91 Å². The van der Waals surface area contributed by atoms with Crippen molar-refractivity contribution in [3.63, 3.8) is 0 Å². The molecule has 1 heterocycles. The van der Waals surface area contributed by atoms with Crippen molar-refractivity contribution in [2.24, 2.45) is 5.73 Å². The lowest BCUT2D eigenvalue weighted by Crippen LogP contribution is -2.64. The molecule has 1 aromatic rings. The number of rotatable bonds is 3. The van der Waals surface area contributed by atoms with Gasteiger partial charge < -0.3 is 10.6 Å². The molecule has 1 aliphatic heterocycles. The van der Waals surface area contributed by atoms with Crippen LogP contribution in [0.25, 0.3) is 0 Å². The topological polar surface area (TPSA) is 49.6 Å². The normalized spacial score (nSPS) is 22.2. The summed E-state index contributed by atoms with van der Waals surface area (Å²) in [5, 5.41) is 0. The Hall–Kier alpha value is -1.46. The highest BCUT2D eigenvalue weighted by Crippen LogP contribution is 2.33. The molecule has 116 valence electrons. The summed E-state index contributed by atoms with van der Waals surface area (Å²) in [5.41, 5.74) is 6.49. The minimum absolute atomic E-state index is 0.0847. The van der Waals surface area contributed by atoms with Crippen molar-refractivity contribution in [3.8, 4) is 0 Å². The van der Waals surface area contributed by atoms with E-state index >= 15 is 0 Å². The van der Waals surface area contributed by atoms with Crippen LogP contribution >= 0.6 is 0 Å². The molecule has 5 heteroatoms. The zero-order chi connectivity index (χ0) is 15.8. The number of benzene rings is 1. The van der Waals surface area contributed by atoms with Gasteiger partial charge in [0.15, 0.2) is 0 Å². The van der Waals surface area contributed by atoms with Gasteiger partial charge in [-0.05, 0) is 38.5 Å². The van der Waals surface area contributed by atoms with Crippen LogP contribution in [0.3, 0.4) is 0 Å². The lowest BCUT2D eigenvalue weighted by atomic mass is 9.90. The number of nitrogens with zero attached hydrogens (tertiary/aromatic N) is 2. The molecular weight excluding hydrogens is 269 g/mol. The van der Waals surface area contributed by atoms with E-state index in [-0.39, 0.29) is 23.8 Å². The fourth-order valence-electron chi connectivity index (χ4n) is 3.14. The maximum Gasteiger partial charge on any atom is 0.242 e. The predicted molar refractivity (Wildman–Crippen MR) is 81.2 cm³/mol. The number of carbonyl (C=O) groups is 1. The first kappa shape index (κ1) is 15.9. The third kappa shape index (κ3) is 2.94. The van der Waals surface area contributed by atoms with Gasteiger partial charge in [-0.2, -0.15) is 0 Å². The molecule has 0 aliphatic carbocycles. The van der Waals surface area contributed by atoms with Crippen LogP contribution in [-0.4, -0.2) is 47.4 Å². The molecular formula is C16H24FN3O. The average molecular weight is 293 g/mol. The second kappa shape index (κ2) is 5.73. The predicted octanol–water partition coefficient (Wildman–Crippen LogP) is 1.77. The molecule has 0 aromatic heterocycles. The Balaban J connectivity index is 2.38. The fourth-order valence-corrected chi connectivity index (χ4v) is 3.14. The van der Waals surface area contributed by atoms with Gasteiger partial charge >= 0.3 is 0 Å². The van der Waals surface area contributed by atoms with E-state index in [2.05, 4.69) is 4.90 Å². The van der Waals surface area contributed by atoms with Crippen LogP contribution in [0.5, 0.6) is 0 Å². The lowest BCUT2D eigenvalue weighted by molar-refractivity contribution is -0.150. The largest absolute Gasteiger partial charge is 0.343 e. The zero-order valence-corrected chi connectivity index (χ0v) is 13.1. The second-order valence-corrected chi connectivity index (χ2v) is 6.33. The van der Waals surface area contributed by atoms with Crippen molar-refractivity contribution in [1.82, 2.24) is 9.80 Å². The molecule has 1 amide bonds. The van der Waals surface area contributed by atoms with Gasteiger partial charge in [-0.3, -0.25) is 9.69 Å². The molecule has 4 nitrogen and oxygen atoms in total. The molecule has 21 heavy (non-hydrogen) atoms. The summed E-state index contributed by atoms with van der Waals surface area (Å²) in [7, 11) is 1.82. The Morgan fingerprint density at radius 1 is 1.24 bits per heavy atom. The van der Waals surface area contributed by atoms with E-state index in [1.165, 1.54) is 12.1 Å². The SMILES string of the molecule is CC(N)C(c1ccc(F)cc1)N1CCN(C)C(=O)C1(C)C. The van der Waals surface area contributed by atoms with Crippen LogP contribution in [0.1, 0.15) is 32.4 Å². The molecule has 1 fully saturated rings. The van der Waals surface area contributed by atoms with E-state index in [0.717, 1.165) is 12.1 Å². The van der Waals surface area contributed by atoms with Crippen LogP contribution < -0.4 is 5.73 Å². The van der Waals surface area contributed by atoms with Crippen LogP contribution in [0.15, 0.2) is 24.3 Å². The second-order valence-electron chi connectivity index (χ2n) is 6.33. The zero-order valence-electron chi connectivity index (χ0n) is 13.1. The quantitative estimate of drug-likeness (QED) is 0.924. The third-order valence-electron chi connectivity index (χ3n) is 4.31. The maximum absolute atomic E-state index is 13.2. The monoisotopic (exact) mass is 293 g/mol. The number of halogens is 1. The third-order valence-corrected chi connectivity index (χ3v) is 4.31. The van der Waals surface area contributed by atoms with Crippen molar-refractivity contribution in [3.05, 3.63) is 35.6 Å². The standard InChI is InChI=1S/C16H24FN3O/c1-11(18)14(12-5-7-13(17)8-6-12)20-10-9-19(4)15(21)16(20,2)3/h5-8,11,14H,9-10,18H2,1-4H3. The van der Waals surface area contributed by atoms with Gasteiger partial charge in [-0.15, -0.1) is 0 Å². The highest BCUT2D eigenvalue weighted by molar-refractivity contribution is 5.86. The Morgan fingerprint density at radius 3 is 2.33 bits per heavy atom. The van der Waals surface area contributed by atoms with Crippen LogP contribution in [-0.2, 0) is 4.79 Å². The minimum atomic E-state index is -0.625. The summed E-state index contributed by atoms with van der Waals surface area (Å²) in [6.45, 7) is 7.19. The Morgan fingerprint density at radius 2 is 1.81 bits per heavy atom. The summed E-state index contributed by atoms with van der Waals surface area (Å²) < 4.78 is 13.2. The van der Waals surface area contributed by atoms with Gasteiger partial charge in [-0.1, -0.05) is 12.1 Å². The molecule has 0 spiro atoms. The Kier molecular flexibility index (Phi) is 4.35. The van der Waals surface area contributed by atoms with Crippen molar-refractivity contribution in [1.29, 1.82) is 0 Å². The van der Waals surface area contributed by atoms with Crippen LogP contribution in [0.4, 0.5) is 4.39 Å². The van der Waals surface area contributed by atoms with Crippen LogP contribution in [0, 0.1) is 5.82 Å². The smallest absolute Gasteiger partial charge is 0.242 e.